The molecule has 0 heterocycles. The highest BCUT2D eigenvalue weighted by Crippen LogP contribution is 2.22. The lowest BCUT2D eigenvalue weighted by Gasteiger charge is -2.10. The predicted octanol–water partition coefficient (Wildman–Crippen LogP) is 3.90. The number of anilines is 1. The van der Waals surface area contributed by atoms with Crippen LogP contribution in [0.5, 0.6) is 0 Å². The third kappa shape index (κ3) is 3.11. The van der Waals surface area contributed by atoms with Crippen LogP contribution < -0.4 is 4.72 Å². The number of aryl methyl sites for hydroxylation is 2. The van der Waals surface area contributed by atoms with Crippen molar-refractivity contribution in [3.05, 3.63) is 58.4 Å². The van der Waals surface area contributed by atoms with Crippen molar-refractivity contribution in [2.24, 2.45) is 0 Å². The zero-order chi connectivity index (χ0) is 14.9. The van der Waals surface area contributed by atoms with Crippen LogP contribution in [0.1, 0.15) is 11.1 Å². The van der Waals surface area contributed by atoms with E-state index >= 15 is 0 Å². The number of hydrogen-bond donors (Lipinski definition) is 1. The molecule has 0 amide bonds. The van der Waals surface area contributed by atoms with Gasteiger partial charge in [-0.15, -0.1) is 0 Å². The molecule has 2 aromatic carbocycles. The molecule has 0 radical (unpaired) electrons. The van der Waals surface area contributed by atoms with Gasteiger partial charge in [0, 0.05) is 10.7 Å². The van der Waals surface area contributed by atoms with Crippen molar-refractivity contribution in [1.29, 1.82) is 0 Å². The molecule has 3 nitrogen and oxygen atoms in total. The van der Waals surface area contributed by atoms with Gasteiger partial charge in [-0.3, -0.25) is 4.72 Å². The topological polar surface area (TPSA) is 46.2 Å². The molecule has 0 aromatic heterocycles. The Bertz CT molecular complexity index is 760. The largest absolute Gasteiger partial charge is 0.280 e. The third-order valence-corrected chi connectivity index (χ3v) is 4.59. The maximum absolute atomic E-state index is 13.7. The molecule has 20 heavy (non-hydrogen) atoms. The molecule has 0 fully saturated rings. The van der Waals surface area contributed by atoms with Crippen LogP contribution in [-0.4, -0.2) is 8.42 Å². The summed E-state index contributed by atoms with van der Waals surface area (Å²) in [5.74, 6) is -0.881. The zero-order valence-corrected chi connectivity index (χ0v) is 12.5. The van der Waals surface area contributed by atoms with Crippen LogP contribution in [0.3, 0.4) is 0 Å². The normalized spacial score (nSPS) is 11.4. The molecular formula is C14H13ClFNO2S. The fourth-order valence-corrected chi connectivity index (χ4v) is 2.98. The summed E-state index contributed by atoms with van der Waals surface area (Å²) in [4.78, 5) is -0.430. The second-order valence-corrected chi connectivity index (χ2v) is 6.57. The lowest BCUT2D eigenvalue weighted by molar-refractivity contribution is 0.570. The van der Waals surface area contributed by atoms with E-state index in [0.29, 0.717) is 5.69 Å². The minimum Gasteiger partial charge on any atom is -0.280 e. The SMILES string of the molecule is Cc1ccc(NS(=O)(=O)c2ccc(Cl)cc2F)cc1C. The van der Waals surface area contributed by atoms with Gasteiger partial charge in [0.25, 0.3) is 10.0 Å². The second kappa shape index (κ2) is 5.42. The van der Waals surface area contributed by atoms with Gasteiger partial charge in [0.2, 0.25) is 0 Å². The Labute approximate surface area is 122 Å². The molecule has 0 bridgehead atoms. The molecule has 1 N–H and O–H groups in total. The average Bonchev–Trinajstić information content (AvgIpc) is 2.33. The van der Waals surface area contributed by atoms with Gasteiger partial charge in [-0.2, -0.15) is 0 Å². The lowest BCUT2D eigenvalue weighted by Crippen LogP contribution is -2.14. The van der Waals surface area contributed by atoms with Crippen LogP contribution in [-0.2, 0) is 10.0 Å². The molecule has 0 aliphatic heterocycles. The van der Waals surface area contributed by atoms with Gasteiger partial charge in [-0.25, -0.2) is 12.8 Å². The van der Waals surface area contributed by atoms with Crippen molar-refractivity contribution in [1.82, 2.24) is 0 Å². The molecular weight excluding hydrogens is 301 g/mol. The van der Waals surface area contributed by atoms with Gasteiger partial charge < -0.3 is 0 Å². The van der Waals surface area contributed by atoms with E-state index < -0.39 is 20.7 Å². The number of hydrogen-bond acceptors (Lipinski definition) is 2. The smallest absolute Gasteiger partial charge is 0.264 e. The van der Waals surface area contributed by atoms with Crippen molar-refractivity contribution in [3.63, 3.8) is 0 Å². The first kappa shape index (κ1) is 14.8. The van der Waals surface area contributed by atoms with E-state index in [1.807, 2.05) is 13.8 Å². The van der Waals surface area contributed by atoms with Gasteiger partial charge in [-0.05, 0) is 55.3 Å². The summed E-state index contributed by atoms with van der Waals surface area (Å²) in [5, 5.41) is 0.146. The molecule has 6 heteroatoms. The monoisotopic (exact) mass is 313 g/mol. The summed E-state index contributed by atoms with van der Waals surface area (Å²) >= 11 is 5.61. The maximum atomic E-state index is 13.7. The van der Waals surface area contributed by atoms with E-state index in [2.05, 4.69) is 4.72 Å². The Morgan fingerprint density at radius 3 is 2.35 bits per heavy atom. The van der Waals surface area contributed by atoms with Crippen molar-refractivity contribution < 1.29 is 12.8 Å². The van der Waals surface area contributed by atoms with Gasteiger partial charge in [0.05, 0.1) is 0 Å². The van der Waals surface area contributed by atoms with Gasteiger partial charge in [-0.1, -0.05) is 17.7 Å². The first-order valence-corrected chi connectivity index (χ1v) is 7.71. The van der Waals surface area contributed by atoms with Crippen LogP contribution in [0.2, 0.25) is 5.02 Å². The molecule has 2 rings (SSSR count). The second-order valence-electron chi connectivity index (χ2n) is 4.48. The quantitative estimate of drug-likeness (QED) is 0.934. The molecule has 0 atom stereocenters. The summed E-state index contributed by atoms with van der Waals surface area (Å²) in [6.07, 6.45) is 0. The van der Waals surface area contributed by atoms with Crippen molar-refractivity contribution in [2.75, 3.05) is 4.72 Å². The van der Waals surface area contributed by atoms with Crippen molar-refractivity contribution in [2.45, 2.75) is 18.7 Å². The summed E-state index contributed by atoms with van der Waals surface area (Å²) in [7, 11) is -3.97. The molecule has 0 aliphatic carbocycles. The van der Waals surface area contributed by atoms with Gasteiger partial charge >= 0.3 is 0 Å². The Balaban J connectivity index is 2.38. The van der Waals surface area contributed by atoms with Crippen molar-refractivity contribution in [3.8, 4) is 0 Å². The fourth-order valence-electron chi connectivity index (χ4n) is 1.71. The number of halogens is 2. The molecule has 0 saturated heterocycles. The van der Waals surface area contributed by atoms with Crippen LogP contribution in [0.4, 0.5) is 10.1 Å². The molecule has 2 aromatic rings. The van der Waals surface area contributed by atoms with E-state index in [1.165, 1.54) is 6.07 Å². The minimum atomic E-state index is -3.97. The van der Waals surface area contributed by atoms with Crippen molar-refractivity contribution >= 4 is 27.3 Å². The molecule has 0 spiro atoms. The number of benzene rings is 2. The molecule has 0 unspecified atom stereocenters. The molecule has 106 valence electrons. The Kier molecular flexibility index (Phi) is 4.01. The van der Waals surface area contributed by atoms with Crippen LogP contribution in [0.15, 0.2) is 41.3 Å². The number of nitrogens with one attached hydrogen (secondary N) is 1. The summed E-state index contributed by atoms with van der Waals surface area (Å²) < 4.78 is 40.3. The lowest BCUT2D eigenvalue weighted by atomic mass is 10.1. The van der Waals surface area contributed by atoms with Gasteiger partial charge in [0.15, 0.2) is 0 Å². The van der Waals surface area contributed by atoms with Crippen LogP contribution in [0, 0.1) is 19.7 Å². The Morgan fingerprint density at radius 2 is 1.75 bits per heavy atom. The summed E-state index contributed by atoms with van der Waals surface area (Å²) in [6, 6.07) is 8.57. The average molecular weight is 314 g/mol. The first-order chi connectivity index (χ1) is 9.29. The van der Waals surface area contributed by atoms with E-state index in [4.69, 9.17) is 11.6 Å². The van der Waals surface area contributed by atoms with E-state index in [1.54, 1.807) is 18.2 Å². The Hall–Kier alpha value is -1.59. The standard InChI is InChI=1S/C14H13ClFNO2S/c1-9-3-5-12(7-10(9)2)17-20(18,19)14-6-4-11(15)8-13(14)16/h3-8,17H,1-2H3. The Morgan fingerprint density at radius 1 is 1.05 bits per heavy atom. The van der Waals surface area contributed by atoms with Crippen LogP contribution in [0.25, 0.3) is 0 Å². The maximum Gasteiger partial charge on any atom is 0.264 e. The number of sulfonamides is 1. The predicted molar refractivity (Wildman–Crippen MR) is 78.1 cm³/mol. The summed E-state index contributed by atoms with van der Waals surface area (Å²) in [6.45, 7) is 3.79. The zero-order valence-electron chi connectivity index (χ0n) is 10.9. The van der Waals surface area contributed by atoms with E-state index in [9.17, 15) is 12.8 Å². The highest BCUT2D eigenvalue weighted by Gasteiger charge is 2.19. The van der Waals surface area contributed by atoms with E-state index in [0.717, 1.165) is 23.3 Å². The first-order valence-electron chi connectivity index (χ1n) is 5.85. The summed E-state index contributed by atoms with van der Waals surface area (Å²) in [5.41, 5.74) is 2.38. The highest BCUT2D eigenvalue weighted by molar-refractivity contribution is 7.92. The van der Waals surface area contributed by atoms with Gasteiger partial charge in [0.1, 0.15) is 10.7 Å². The minimum absolute atomic E-state index is 0.146. The highest BCUT2D eigenvalue weighted by atomic mass is 35.5. The fraction of sp³-hybridized carbons (Fsp3) is 0.143. The molecule has 0 saturated carbocycles. The van der Waals surface area contributed by atoms with Crippen LogP contribution >= 0.6 is 11.6 Å². The number of rotatable bonds is 3. The molecule has 0 aliphatic rings. The third-order valence-electron chi connectivity index (χ3n) is 2.94. The van der Waals surface area contributed by atoms with E-state index in [-0.39, 0.29) is 5.02 Å².